The summed E-state index contributed by atoms with van der Waals surface area (Å²) in [5.41, 5.74) is 10.9. The van der Waals surface area contributed by atoms with Crippen LogP contribution >= 0.6 is 0 Å². The highest BCUT2D eigenvalue weighted by Crippen LogP contribution is 2.00. The van der Waals surface area contributed by atoms with Gasteiger partial charge in [0.25, 0.3) is 0 Å². The molecule has 0 atom stereocenters. The summed E-state index contributed by atoms with van der Waals surface area (Å²) in [6.07, 6.45) is 12.8. The summed E-state index contributed by atoms with van der Waals surface area (Å²) >= 11 is 0. The summed E-state index contributed by atoms with van der Waals surface area (Å²) < 4.78 is 0. The molecule has 23 heavy (non-hydrogen) atoms. The molecule has 0 aliphatic carbocycles. The van der Waals surface area contributed by atoms with Crippen LogP contribution in [-0.2, 0) is 0 Å². The van der Waals surface area contributed by atoms with Gasteiger partial charge in [-0.15, -0.1) is 0 Å². The first-order valence-corrected chi connectivity index (χ1v) is 9.94. The number of hydrogen-bond donors (Lipinski definition) is 5. The third-order valence-corrected chi connectivity index (χ3v) is 4.03. The Morgan fingerprint density at radius 1 is 0.348 bits per heavy atom. The minimum Gasteiger partial charge on any atom is -0.330 e. The molecule has 0 aliphatic rings. The van der Waals surface area contributed by atoms with Gasteiger partial charge >= 0.3 is 0 Å². The van der Waals surface area contributed by atoms with Crippen LogP contribution in [-0.4, -0.2) is 52.4 Å². The van der Waals surface area contributed by atoms with Gasteiger partial charge in [-0.2, -0.15) is 0 Å². The molecule has 0 spiro atoms. The zero-order valence-corrected chi connectivity index (χ0v) is 15.4. The van der Waals surface area contributed by atoms with E-state index in [9.17, 15) is 0 Å². The summed E-state index contributed by atoms with van der Waals surface area (Å²) in [5.74, 6) is 0. The second-order valence-electron chi connectivity index (χ2n) is 6.36. The molecule has 7 N–H and O–H groups in total. The molecule has 5 nitrogen and oxygen atoms in total. The summed E-state index contributed by atoms with van der Waals surface area (Å²) in [7, 11) is 0. The first-order valence-electron chi connectivity index (χ1n) is 9.94. The number of nitrogens with two attached hydrogens (primary N) is 2. The lowest BCUT2D eigenvalue weighted by atomic mass is 10.1. The van der Waals surface area contributed by atoms with Crippen molar-refractivity contribution < 1.29 is 0 Å². The lowest BCUT2D eigenvalue weighted by molar-refractivity contribution is 0.536. The van der Waals surface area contributed by atoms with Gasteiger partial charge in [0, 0.05) is 0 Å². The van der Waals surface area contributed by atoms with Gasteiger partial charge in [-0.1, -0.05) is 25.7 Å². The molecule has 0 heterocycles. The Kier molecular flexibility index (Phi) is 21.6. The van der Waals surface area contributed by atoms with Crippen LogP contribution < -0.4 is 27.4 Å². The number of nitrogens with one attached hydrogen (secondary N) is 3. The number of unbranched alkanes of at least 4 members (excludes halogenated alkanes) is 6. The Morgan fingerprint density at radius 2 is 0.609 bits per heavy atom. The largest absolute Gasteiger partial charge is 0.330 e. The van der Waals surface area contributed by atoms with Crippen molar-refractivity contribution in [2.75, 3.05) is 52.4 Å². The molecule has 0 saturated carbocycles. The van der Waals surface area contributed by atoms with E-state index in [0.717, 1.165) is 52.1 Å². The Labute approximate surface area is 144 Å². The van der Waals surface area contributed by atoms with E-state index >= 15 is 0 Å². The van der Waals surface area contributed by atoms with E-state index in [4.69, 9.17) is 11.5 Å². The van der Waals surface area contributed by atoms with Crippen LogP contribution in [0.3, 0.4) is 0 Å². The molecule has 0 aromatic rings. The Morgan fingerprint density at radius 3 is 0.870 bits per heavy atom. The molecule has 0 rings (SSSR count). The highest BCUT2D eigenvalue weighted by atomic mass is 14.9. The molecule has 0 aliphatic heterocycles. The van der Waals surface area contributed by atoms with Gasteiger partial charge in [0.1, 0.15) is 0 Å². The molecule has 0 saturated heterocycles. The molecule has 0 bridgehead atoms. The highest BCUT2D eigenvalue weighted by Gasteiger charge is 1.93. The highest BCUT2D eigenvalue weighted by molar-refractivity contribution is 4.54. The zero-order chi connectivity index (χ0) is 16.8. The van der Waals surface area contributed by atoms with E-state index in [0.29, 0.717) is 0 Å². The van der Waals surface area contributed by atoms with Crippen LogP contribution in [0.2, 0.25) is 0 Å². The third-order valence-electron chi connectivity index (χ3n) is 4.03. The van der Waals surface area contributed by atoms with Gasteiger partial charge in [0.05, 0.1) is 0 Å². The van der Waals surface area contributed by atoms with Crippen molar-refractivity contribution in [2.45, 2.75) is 64.2 Å². The van der Waals surface area contributed by atoms with E-state index in [1.807, 2.05) is 0 Å². The molecule has 0 aromatic carbocycles. The van der Waals surface area contributed by atoms with E-state index in [1.54, 1.807) is 0 Å². The Hall–Kier alpha value is -0.200. The van der Waals surface area contributed by atoms with Crippen molar-refractivity contribution in [3.8, 4) is 0 Å². The number of rotatable bonds is 20. The van der Waals surface area contributed by atoms with Gasteiger partial charge < -0.3 is 27.4 Å². The monoisotopic (exact) mass is 329 g/mol. The van der Waals surface area contributed by atoms with Gasteiger partial charge in [-0.05, 0) is 90.9 Å². The minimum absolute atomic E-state index is 0.796. The molecule has 0 radical (unpaired) electrons. The fourth-order valence-electron chi connectivity index (χ4n) is 2.54. The van der Waals surface area contributed by atoms with Gasteiger partial charge in [-0.25, -0.2) is 0 Å². The standard InChI is InChI=1S/C18H43N5/c19-11-9-17-22-15-7-3-1-5-13-21-14-6-2-4-8-16-23-18-10-12-20/h21-23H,1-20H2. The second kappa shape index (κ2) is 21.8. The van der Waals surface area contributed by atoms with Gasteiger partial charge in [0.15, 0.2) is 0 Å². The summed E-state index contributed by atoms with van der Waals surface area (Å²) in [6.45, 7) is 8.39. The van der Waals surface area contributed by atoms with Crippen molar-refractivity contribution in [3.63, 3.8) is 0 Å². The molecular formula is C18H43N5. The molecule has 140 valence electrons. The van der Waals surface area contributed by atoms with Crippen LogP contribution in [0.25, 0.3) is 0 Å². The predicted molar refractivity (Wildman–Crippen MR) is 103 cm³/mol. The lowest BCUT2D eigenvalue weighted by Crippen LogP contribution is -2.20. The Balaban J connectivity index is 2.92. The maximum Gasteiger partial charge on any atom is -0.00369 e. The molecule has 0 amide bonds. The quantitative estimate of drug-likeness (QED) is 0.219. The second-order valence-corrected chi connectivity index (χ2v) is 6.36. The van der Waals surface area contributed by atoms with Gasteiger partial charge in [0.2, 0.25) is 0 Å². The average Bonchev–Trinajstić information content (AvgIpc) is 2.57. The summed E-state index contributed by atoms with van der Waals surface area (Å²) in [6, 6.07) is 0. The van der Waals surface area contributed by atoms with Gasteiger partial charge in [-0.3, -0.25) is 0 Å². The van der Waals surface area contributed by atoms with Crippen molar-refractivity contribution in [3.05, 3.63) is 0 Å². The first kappa shape index (κ1) is 22.8. The van der Waals surface area contributed by atoms with Crippen LogP contribution in [0.1, 0.15) is 64.2 Å². The average molecular weight is 330 g/mol. The van der Waals surface area contributed by atoms with Crippen LogP contribution in [0.5, 0.6) is 0 Å². The molecular weight excluding hydrogens is 286 g/mol. The van der Waals surface area contributed by atoms with E-state index in [-0.39, 0.29) is 0 Å². The number of hydrogen-bond acceptors (Lipinski definition) is 5. The van der Waals surface area contributed by atoms with E-state index < -0.39 is 0 Å². The van der Waals surface area contributed by atoms with Crippen molar-refractivity contribution in [2.24, 2.45) is 11.5 Å². The molecule has 5 heteroatoms. The maximum absolute atomic E-state index is 5.45. The topological polar surface area (TPSA) is 88.1 Å². The fourth-order valence-corrected chi connectivity index (χ4v) is 2.54. The maximum atomic E-state index is 5.45. The molecule has 0 unspecified atom stereocenters. The minimum atomic E-state index is 0.796. The molecule has 0 aromatic heterocycles. The van der Waals surface area contributed by atoms with E-state index in [2.05, 4.69) is 16.0 Å². The summed E-state index contributed by atoms with van der Waals surface area (Å²) in [5, 5.41) is 10.4. The first-order chi connectivity index (χ1) is 11.4. The van der Waals surface area contributed by atoms with Crippen LogP contribution in [0.4, 0.5) is 0 Å². The zero-order valence-electron chi connectivity index (χ0n) is 15.4. The smallest absolute Gasteiger partial charge is 0.00369 e. The normalized spacial score (nSPS) is 11.2. The SMILES string of the molecule is NCCCNCCCCCCNCCCCCCNCCCN. The predicted octanol–water partition coefficient (Wildman–Crippen LogP) is 1.57. The van der Waals surface area contributed by atoms with Crippen molar-refractivity contribution in [1.82, 2.24) is 16.0 Å². The summed E-state index contributed by atoms with van der Waals surface area (Å²) in [4.78, 5) is 0. The van der Waals surface area contributed by atoms with Crippen LogP contribution in [0.15, 0.2) is 0 Å². The van der Waals surface area contributed by atoms with Crippen molar-refractivity contribution >= 4 is 0 Å². The van der Waals surface area contributed by atoms with Crippen molar-refractivity contribution in [1.29, 1.82) is 0 Å². The van der Waals surface area contributed by atoms with E-state index in [1.165, 1.54) is 64.5 Å². The molecule has 0 fully saturated rings. The Bertz CT molecular complexity index is 182. The third kappa shape index (κ3) is 21.8. The van der Waals surface area contributed by atoms with Crippen LogP contribution in [0, 0.1) is 0 Å². The lowest BCUT2D eigenvalue weighted by Gasteiger charge is -2.06. The fraction of sp³-hybridized carbons (Fsp3) is 1.00.